The van der Waals surface area contributed by atoms with Gasteiger partial charge in [-0.1, -0.05) is 24.6 Å². The van der Waals surface area contributed by atoms with Crippen LogP contribution in [-0.4, -0.2) is 6.54 Å². The first-order valence-corrected chi connectivity index (χ1v) is 7.95. The van der Waals surface area contributed by atoms with Crippen LogP contribution < -0.4 is 5.32 Å². The zero-order valence-corrected chi connectivity index (χ0v) is 13.8. The zero-order chi connectivity index (χ0) is 14.0. The molecule has 1 atom stereocenters. The second-order valence-electron chi connectivity index (χ2n) is 4.26. The lowest BCUT2D eigenvalue weighted by atomic mass is 10.0. The minimum atomic E-state index is -0.277. The molecule has 0 aliphatic heterocycles. The third-order valence-corrected chi connectivity index (χ3v) is 5.28. The molecule has 0 aliphatic carbocycles. The Morgan fingerprint density at radius 3 is 2.68 bits per heavy atom. The van der Waals surface area contributed by atoms with Crippen LogP contribution in [0.15, 0.2) is 28.1 Å². The first kappa shape index (κ1) is 15.0. The summed E-state index contributed by atoms with van der Waals surface area (Å²) in [6.45, 7) is 4.81. The van der Waals surface area contributed by atoms with Crippen LogP contribution in [0.5, 0.6) is 0 Å². The van der Waals surface area contributed by atoms with Gasteiger partial charge in [0.2, 0.25) is 0 Å². The van der Waals surface area contributed by atoms with E-state index in [0.717, 1.165) is 20.8 Å². The molecule has 1 aromatic carbocycles. The predicted octanol–water partition coefficient (Wildman–Crippen LogP) is 5.31. The Kier molecular flexibility index (Phi) is 5.01. The lowest BCUT2D eigenvalue weighted by molar-refractivity contribution is 0.563. The molecule has 1 N–H and O–H groups in total. The molecule has 19 heavy (non-hydrogen) atoms. The van der Waals surface area contributed by atoms with Crippen LogP contribution in [0, 0.1) is 12.7 Å². The number of hydrogen-bond acceptors (Lipinski definition) is 2. The summed E-state index contributed by atoms with van der Waals surface area (Å²) in [5, 5.41) is 3.74. The maximum Gasteiger partial charge on any atom is 0.129 e. The van der Waals surface area contributed by atoms with E-state index in [4.69, 9.17) is 11.6 Å². The van der Waals surface area contributed by atoms with Crippen LogP contribution in [0.1, 0.15) is 29.0 Å². The van der Waals surface area contributed by atoms with Gasteiger partial charge >= 0.3 is 0 Å². The Morgan fingerprint density at radius 1 is 1.42 bits per heavy atom. The molecule has 0 bridgehead atoms. The molecule has 1 heterocycles. The topological polar surface area (TPSA) is 12.0 Å². The van der Waals surface area contributed by atoms with E-state index in [1.807, 2.05) is 13.8 Å². The van der Waals surface area contributed by atoms with Crippen molar-refractivity contribution in [3.8, 4) is 0 Å². The van der Waals surface area contributed by atoms with Crippen molar-refractivity contribution in [3.63, 3.8) is 0 Å². The van der Waals surface area contributed by atoms with E-state index in [-0.39, 0.29) is 11.9 Å². The number of thiophene rings is 1. The molecule has 0 fully saturated rings. The lowest BCUT2D eigenvalue weighted by Gasteiger charge is -2.17. The van der Waals surface area contributed by atoms with Gasteiger partial charge in [0.05, 0.1) is 9.83 Å². The number of hydrogen-bond donors (Lipinski definition) is 1. The average molecular weight is 363 g/mol. The largest absolute Gasteiger partial charge is 0.306 e. The standard InChI is InChI=1S/C14H14BrClFNS/c1-3-18-13(12-6-8(2)14(15)19-12)10-5-4-9(16)7-11(10)17/h4-7,13,18H,3H2,1-2H3. The maximum absolute atomic E-state index is 14.1. The molecule has 0 amide bonds. The summed E-state index contributed by atoms with van der Waals surface area (Å²) in [4.78, 5) is 1.09. The van der Waals surface area contributed by atoms with E-state index in [9.17, 15) is 4.39 Å². The summed E-state index contributed by atoms with van der Waals surface area (Å²) in [6, 6.07) is 6.76. The third kappa shape index (κ3) is 3.37. The van der Waals surface area contributed by atoms with Gasteiger partial charge in [0, 0.05) is 15.5 Å². The van der Waals surface area contributed by atoms with Crippen molar-refractivity contribution in [2.45, 2.75) is 19.9 Å². The van der Waals surface area contributed by atoms with Crippen molar-refractivity contribution in [2.24, 2.45) is 0 Å². The predicted molar refractivity (Wildman–Crippen MR) is 83.7 cm³/mol. The lowest BCUT2D eigenvalue weighted by Crippen LogP contribution is -2.22. The molecule has 0 spiro atoms. The van der Waals surface area contributed by atoms with Crippen LogP contribution in [0.25, 0.3) is 0 Å². The Balaban J connectivity index is 2.44. The van der Waals surface area contributed by atoms with E-state index in [2.05, 4.69) is 27.3 Å². The summed E-state index contributed by atoms with van der Waals surface area (Å²) in [5.74, 6) is -0.277. The van der Waals surface area contributed by atoms with Crippen LogP contribution in [0.2, 0.25) is 5.02 Å². The van der Waals surface area contributed by atoms with E-state index >= 15 is 0 Å². The fourth-order valence-electron chi connectivity index (χ4n) is 1.93. The molecule has 5 heteroatoms. The molecule has 0 aliphatic rings. The van der Waals surface area contributed by atoms with Crippen LogP contribution >= 0.6 is 38.9 Å². The first-order valence-electron chi connectivity index (χ1n) is 5.97. The third-order valence-electron chi connectivity index (χ3n) is 2.84. The highest BCUT2D eigenvalue weighted by Crippen LogP contribution is 2.35. The van der Waals surface area contributed by atoms with Crippen molar-refractivity contribution < 1.29 is 4.39 Å². The highest BCUT2D eigenvalue weighted by atomic mass is 79.9. The molecule has 2 rings (SSSR count). The van der Waals surface area contributed by atoms with Gasteiger partial charge in [0.25, 0.3) is 0 Å². The number of aryl methyl sites for hydroxylation is 1. The normalized spacial score (nSPS) is 12.7. The summed E-state index contributed by atoms with van der Waals surface area (Å²) in [6.07, 6.45) is 0. The van der Waals surface area contributed by atoms with Crippen molar-refractivity contribution in [2.75, 3.05) is 6.54 Å². The molecule has 0 saturated heterocycles. The average Bonchev–Trinajstić information content (AvgIpc) is 2.67. The molecule has 1 nitrogen and oxygen atoms in total. The van der Waals surface area contributed by atoms with Crippen molar-refractivity contribution in [3.05, 3.63) is 54.9 Å². The van der Waals surface area contributed by atoms with Crippen molar-refractivity contribution >= 4 is 38.9 Å². The minimum Gasteiger partial charge on any atom is -0.306 e. The molecule has 1 unspecified atom stereocenters. The molecular weight excluding hydrogens is 349 g/mol. The van der Waals surface area contributed by atoms with Crippen LogP contribution in [0.4, 0.5) is 4.39 Å². The Labute approximate surface area is 129 Å². The quantitative estimate of drug-likeness (QED) is 0.777. The first-order chi connectivity index (χ1) is 9.02. The Bertz CT molecular complexity index is 565. The summed E-state index contributed by atoms with van der Waals surface area (Å²) >= 11 is 10.9. The summed E-state index contributed by atoms with van der Waals surface area (Å²) < 4.78 is 15.2. The van der Waals surface area contributed by atoms with E-state index < -0.39 is 0 Å². The molecule has 102 valence electrons. The fraction of sp³-hybridized carbons (Fsp3) is 0.286. The van der Waals surface area contributed by atoms with Gasteiger partial charge in [0.1, 0.15) is 5.82 Å². The second kappa shape index (κ2) is 6.35. The van der Waals surface area contributed by atoms with Gasteiger partial charge in [0.15, 0.2) is 0 Å². The number of halogens is 3. The Hall–Kier alpha value is -0.420. The molecular formula is C14H14BrClFNS. The van der Waals surface area contributed by atoms with Gasteiger partial charge in [-0.25, -0.2) is 4.39 Å². The van der Waals surface area contributed by atoms with E-state index in [1.165, 1.54) is 6.07 Å². The SMILES string of the molecule is CCNC(c1cc(C)c(Br)s1)c1ccc(Cl)cc1F. The molecule has 0 saturated carbocycles. The number of rotatable bonds is 4. The van der Waals surface area contributed by atoms with Gasteiger partial charge in [-0.3, -0.25) is 0 Å². The molecule has 0 radical (unpaired) electrons. The molecule has 2 aromatic rings. The summed E-state index contributed by atoms with van der Waals surface area (Å²) in [7, 11) is 0. The van der Waals surface area contributed by atoms with Crippen LogP contribution in [-0.2, 0) is 0 Å². The minimum absolute atomic E-state index is 0.141. The van der Waals surface area contributed by atoms with Gasteiger partial charge in [-0.2, -0.15) is 0 Å². The smallest absolute Gasteiger partial charge is 0.129 e. The second-order valence-corrected chi connectivity index (χ2v) is 7.10. The monoisotopic (exact) mass is 361 g/mol. The van der Waals surface area contributed by atoms with Crippen LogP contribution in [0.3, 0.4) is 0 Å². The van der Waals surface area contributed by atoms with Gasteiger partial charge < -0.3 is 5.32 Å². The Morgan fingerprint density at radius 2 is 2.16 bits per heavy atom. The number of benzene rings is 1. The molecule has 1 aromatic heterocycles. The fourth-order valence-corrected chi connectivity index (χ4v) is 3.75. The highest BCUT2D eigenvalue weighted by Gasteiger charge is 2.20. The zero-order valence-electron chi connectivity index (χ0n) is 10.6. The summed E-state index contributed by atoms with van der Waals surface area (Å²) in [5.41, 5.74) is 1.79. The number of nitrogens with one attached hydrogen (secondary N) is 1. The highest BCUT2D eigenvalue weighted by molar-refractivity contribution is 9.11. The van der Waals surface area contributed by atoms with Crippen molar-refractivity contribution in [1.82, 2.24) is 5.32 Å². The van der Waals surface area contributed by atoms with E-state index in [1.54, 1.807) is 23.5 Å². The van der Waals surface area contributed by atoms with E-state index in [0.29, 0.717) is 10.6 Å². The van der Waals surface area contributed by atoms with Gasteiger partial charge in [-0.15, -0.1) is 11.3 Å². The maximum atomic E-state index is 14.1. The van der Waals surface area contributed by atoms with Crippen molar-refractivity contribution in [1.29, 1.82) is 0 Å². The van der Waals surface area contributed by atoms with Gasteiger partial charge in [-0.05, 0) is 53.2 Å².